The fourth-order valence-corrected chi connectivity index (χ4v) is 2.54. The monoisotopic (exact) mass is 243 g/mol. The zero-order valence-corrected chi connectivity index (χ0v) is 11.2. The first-order valence-electron chi connectivity index (χ1n) is 6.56. The van der Waals surface area contributed by atoms with Crippen LogP contribution in [-0.2, 0) is 0 Å². The van der Waals surface area contributed by atoms with Crippen LogP contribution in [-0.4, -0.2) is 6.04 Å². The van der Waals surface area contributed by atoms with E-state index in [0.29, 0.717) is 22.7 Å². The van der Waals surface area contributed by atoms with Crippen molar-refractivity contribution in [1.82, 2.24) is 0 Å². The fourth-order valence-electron chi connectivity index (χ4n) is 2.54. The van der Waals surface area contributed by atoms with E-state index in [1.165, 1.54) is 25.7 Å². The molecule has 1 fully saturated rings. The van der Waals surface area contributed by atoms with Gasteiger partial charge in [0.1, 0.15) is 6.07 Å². The molecular formula is C15H21N3. The normalized spacial score (nSPS) is 19.2. The third kappa shape index (κ3) is 2.95. The van der Waals surface area contributed by atoms with Crippen LogP contribution in [0.3, 0.4) is 0 Å². The van der Waals surface area contributed by atoms with Gasteiger partial charge in [-0.3, -0.25) is 0 Å². The smallest absolute Gasteiger partial charge is 0.101 e. The zero-order chi connectivity index (χ0) is 13.2. The molecule has 0 unspecified atom stereocenters. The van der Waals surface area contributed by atoms with Gasteiger partial charge in [-0.2, -0.15) is 5.26 Å². The van der Waals surface area contributed by atoms with E-state index in [-0.39, 0.29) is 0 Å². The first-order chi connectivity index (χ1) is 8.50. The molecule has 96 valence electrons. The Morgan fingerprint density at radius 1 is 1.33 bits per heavy atom. The third-order valence-corrected chi connectivity index (χ3v) is 3.86. The molecule has 0 heterocycles. The molecule has 3 heteroatoms. The topological polar surface area (TPSA) is 61.8 Å². The van der Waals surface area contributed by atoms with Gasteiger partial charge in [0, 0.05) is 11.7 Å². The SMILES string of the molecule is CC1(C)CCC(Nc2ccc(N)cc2C#N)CC1. The third-order valence-electron chi connectivity index (χ3n) is 3.86. The van der Waals surface area contributed by atoms with Crippen molar-refractivity contribution < 1.29 is 0 Å². The van der Waals surface area contributed by atoms with E-state index in [1.807, 2.05) is 12.1 Å². The Kier molecular flexibility index (Phi) is 3.47. The standard InChI is InChI=1S/C15H21N3/c1-15(2)7-5-13(6-8-15)18-14-4-3-12(17)9-11(14)10-16/h3-4,9,13,18H,5-8,17H2,1-2H3. The minimum atomic E-state index is 0.470. The highest BCUT2D eigenvalue weighted by atomic mass is 14.9. The van der Waals surface area contributed by atoms with Crippen LogP contribution >= 0.6 is 0 Å². The number of anilines is 2. The minimum absolute atomic E-state index is 0.470. The van der Waals surface area contributed by atoms with Crippen LogP contribution in [0.15, 0.2) is 18.2 Å². The number of hydrogen-bond donors (Lipinski definition) is 2. The number of rotatable bonds is 2. The van der Waals surface area contributed by atoms with E-state index in [4.69, 9.17) is 11.0 Å². The first kappa shape index (κ1) is 12.8. The Morgan fingerprint density at radius 2 is 2.00 bits per heavy atom. The summed E-state index contributed by atoms with van der Waals surface area (Å²) in [5.74, 6) is 0. The summed E-state index contributed by atoms with van der Waals surface area (Å²) in [6, 6.07) is 8.16. The van der Waals surface area contributed by atoms with Crippen molar-refractivity contribution in [3.8, 4) is 6.07 Å². The van der Waals surface area contributed by atoms with Crippen LogP contribution in [0.1, 0.15) is 45.1 Å². The Morgan fingerprint density at radius 3 is 2.61 bits per heavy atom. The average molecular weight is 243 g/mol. The summed E-state index contributed by atoms with van der Waals surface area (Å²) in [6.07, 6.45) is 4.81. The molecule has 1 aliphatic carbocycles. The van der Waals surface area contributed by atoms with Crippen molar-refractivity contribution in [3.05, 3.63) is 23.8 Å². The molecule has 1 aromatic rings. The predicted molar refractivity (Wildman–Crippen MR) is 75.2 cm³/mol. The van der Waals surface area contributed by atoms with Crippen LogP contribution in [0, 0.1) is 16.7 Å². The lowest BCUT2D eigenvalue weighted by Gasteiger charge is -2.35. The molecular weight excluding hydrogens is 222 g/mol. The quantitative estimate of drug-likeness (QED) is 0.781. The van der Waals surface area contributed by atoms with E-state index in [1.54, 1.807) is 6.07 Å². The summed E-state index contributed by atoms with van der Waals surface area (Å²) in [5.41, 5.74) is 8.36. The molecule has 0 amide bonds. The first-order valence-corrected chi connectivity index (χ1v) is 6.56. The highest BCUT2D eigenvalue weighted by Crippen LogP contribution is 2.36. The Hall–Kier alpha value is -1.69. The lowest BCUT2D eigenvalue weighted by atomic mass is 9.75. The summed E-state index contributed by atoms with van der Waals surface area (Å²) < 4.78 is 0. The second-order valence-electron chi connectivity index (χ2n) is 6.00. The summed E-state index contributed by atoms with van der Waals surface area (Å²) in [4.78, 5) is 0. The van der Waals surface area contributed by atoms with Gasteiger partial charge in [-0.25, -0.2) is 0 Å². The molecule has 0 radical (unpaired) electrons. The van der Waals surface area contributed by atoms with Gasteiger partial charge in [0.15, 0.2) is 0 Å². The van der Waals surface area contributed by atoms with Crippen LogP contribution in [0.25, 0.3) is 0 Å². The molecule has 0 atom stereocenters. The molecule has 0 bridgehead atoms. The average Bonchev–Trinajstić information content (AvgIpc) is 2.34. The Balaban J connectivity index is 2.05. The van der Waals surface area contributed by atoms with Gasteiger partial charge in [-0.15, -0.1) is 0 Å². The van der Waals surface area contributed by atoms with Crippen molar-refractivity contribution in [2.75, 3.05) is 11.1 Å². The molecule has 0 aromatic heterocycles. The van der Waals surface area contributed by atoms with Crippen LogP contribution in [0.4, 0.5) is 11.4 Å². The molecule has 0 saturated heterocycles. The maximum atomic E-state index is 9.11. The summed E-state index contributed by atoms with van der Waals surface area (Å²) in [5, 5.41) is 12.6. The molecule has 1 aromatic carbocycles. The number of nitrogens with one attached hydrogen (secondary N) is 1. The Labute approximate surface area is 109 Å². The van der Waals surface area contributed by atoms with Crippen LogP contribution in [0.2, 0.25) is 0 Å². The second kappa shape index (κ2) is 4.89. The van der Waals surface area contributed by atoms with Gasteiger partial charge in [-0.05, 0) is 49.3 Å². The molecule has 1 saturated carbocycles. The van der Waals surface area contributed by atoms with Crippen molar-refractivity contribution in [2.24, 2.45) is 5.41 Å². The van der Waals surface area contributed by atoms with Gasteiger partial charge >= 0.3 is 0 Å². The molecule has 3 nitrogen and oxygen atoms in total. The molecule has 3 N–H and O–H groups in total. The summed E-state index contributed by atoms with van der Waals surface area (Å²) >= 11 is 0. The van der Waals surface area contributed by atoms with Crippen molar-refractivity contribution >= 4 is 11.4 Å². The van der Waals surface area contributed by atoms with Crippen molar-refractivity contribution in [1.29, 1.82) is 5.26 Å². The Bertz CT molecular complexity index is 461. The van der Waals surface area contributed by atoms with E-state index >= 15 is 0 Å². The van der Waals surface area contributed by atoms with Gasteiger partial charge in [0.05, 0.1) is 11.3 Å². The van der Waals surface area contributed by atoms with Gasteiger partial charge in [0.25, 0.3) is 0 Å². The van der Waals surface area contributed by atoms with E-state index in [0.717, 1.165) is 5.69 Å². The molecule has 0 aliphatic heterocycles. The maximum absolute atomic E-state index is 9.11. The van der Waals surface area contributed by atoms with E-state index < -0.39 is 0 Å². The van der Waals surface area contributed by atoms with Crippen LogP contribution in [0.5, 0.6) is 0 Å². The lowest BCUT2D eigenvalue weighted by molar-refractivity contribution is 0.232. The van der Waals surface area contributed by atoms with E-state index in [2.05, 4.69) is 25.2 Å². The highest BCUT2D eigenvalue weighted by Gasteiger charge is 2.26. The van der Waals surface area contributed by atoms with Crippen molar-refractivity contribution in [3.63, 3.8) is 0 Å². The highest BCUT2D eigenvalue weighted by molar-refractivity contribution is 5.63. The maximum Gasteiger partial charge on any atom is 0.101 e. The summed E-state index contributed by atoms with van der Waals surface area (Å²) in [7, 11) is 0. The molecule has 2 rings (SSSR count). The number of nitrogen functional groups attached to an aromatic ring is 1. The molecule has 1 aliphatic rings. The predicted octanol–water partition coefficient (Wildman–Crippen LogP) is 3.52. The van der Waals surface area contributed by atoms with Crippen molar-refractivity contribution in [2.45, 2.75) is 45.6 Å². The number of hydrogen-bond acceptors (Lipinski definition) is 3. The minimum Gasteiger partial charge on any atom is -0.399 e. The fraction of sp³-hybridized carbons (Fsp3) is 0.533. The number of nitriles is 1. The molecule has 0 spiro atoms. The molecule has 18 heavy (non-hydrogen) atoms. The van der Waals surface area contributed by atoms with E-state index in [9.17, 15) is 0 Å². The van der Waals surface area contributed by atoms with Gasteiger partial charge < -0.3 is 11.1 Å². The zero-order valence-electron chi connectivity index (χ0n) is 11.2. The largest absolute Gasteiger partial charge is 0.399 e. The number of nitrogens with two attached hydrogens (primary N) is 1. The number of benzene rings is 1. The lowest BCUT2D eigenvalue weighted by Crippen LogP contribution is -2.30. The van der Waals surface area contributed by atoms with Crippen LogP contribution < -0.4 is 11.1 Å². The summed E-state index contributed by atoms with van der Waals surface area (Å²) in [6.45, 7) is 4.65. The second-order valence-corrected chi connectivity index (χ2v) is 6.00. The van der Waals surface area contributed by atoms with Gasteiger partial charge in [-0.1, -0.05) is 13.8 Å². The van der Waals surface area contributed by atoms with Gasteiger partial charge in [0.2, 0.25) is 0 Å². The number of nitrogens with zero attached hydrogens (tertiary/aromatic N) is 1.